The molecule has 3 aromatic rings. The molecular formula is C20H20O5. The second-order valence-electron chi connectivity index (χ2n) is 7.00. The summed E-state index contributed by atoms with van der Waals surface area (Å²) in [6, 6.07) is 12.2. The van der Waals surface area contributed by atoms with Crippen LogP contribution < -0.4 is 5.43 Å². The second-order valence-corrected chi connectivity index (χ2v) is 7.00. The molecule has 0 fully saturated rings. The van der Waals surface area contributed by atoms with Crippen LogP contribution in [0.25, 0.3) is 21.9 Å². The summed E-state index contributed by atoms with van der Waals surface area (Å²) >= 11 is 0. The van der Waals surface area contributed by atoms with Crippen molar-refractivity contribution in [1.82, 2.24) is 0 Å². The minimum absolute atomic E-state index is 0.120. The van der Waals surface area contributed by atoms with E-state index in [9.17, 15) is 9.59 Å². The Kier molecular flexibility index (Phi) is 4.35. The predicted molar refractivity (Wildman–Crippen MR) is 95.3 cm³/mol. The van der Waals surface area contributed by atoms with Crippen LogP contribution in [-0.4, -0.2) is 11.6 Å². The first-order chi connectivity index (χ1) is 11.8. The highest BCUT2D eigenvalue weighted by Gasteiger charge is 2.22. The van der Waals surface area contributed by atoms with Gasteiger partial charge in [0, 0.05) is 0 Å². The van der Waals surface area contributed by atoms with E-state index in [4.69, 9.17) is 14.2 Å². The van der Waals surface area contributed by atoms with Crippen molar-refractivity contribution in [3.05, 3.63) is 58.3 Å². The van der Waals surface area contributed by atoms with Crippen molar-refractivity contribution < 1.29 is 19.0 Å². The van der Waals surface area contributed by atoms with E-state index in [1.54, 1.807) is 64.1 Å². The summed E-state index contributed by atoms with van der Waals surface area (Å²) in [6.07, 6.45) is 0. The maximum atomic E-state index is 12.7. The molecule has 0 saturated carbocycles. The molecule has 0 N–H and O–H groups in total. The summed E-state index contributed by atoms with van der Waals surface area (Å²) in [5.74, 6) is -1.09. The van der Waals surface area contributed by atoms with Gasteiger partial charge in [0.1, 0.15) is 16.8 Å². The standard InChI is InChI=1S/C20H20O5/c1-12(19(22)24-25-20(2,3)4)13-9-10-17-15(11-13)18(21)14-7-5-6-8-16(14)23-17/h5-12H,1-4H3. The van der Waals surface area contributed by atoms with Gasteiger partial charge in [-0.05, 0) is 57.5 Å². The molecule has 130 valence electrons. The Labute approximate surface area is 145 Å². The predicted octanol–water partition coefficient (Wildman–Crippen LogP) is 4.32. The Morgan fingerprint density at radius 2 is 1.72 bits per heavy atom. The van der Waals surface area contributed by atoms with E-state index in [-0.39, 0.29) is 5.43 Å². The quantitative estimate of drug-likeness (QED) is 0.403. The first-order valence-electron chi connectivity index (χ1n) is 8.11. The van der Waals surface area contributed by atoms with Crippen LogP contribution in [0.5, 0.6) is 0 Å². The summed E-state index contributed by atoms with van der Waals surface area (Å²) in [6.45, 7) is 7.07. The molecule has 1 unspecified atom stereocenters. The first kappa shape index (κ1) is 17.2. The molecule has 1 heterocycles. The van der Waals surface area contributed by atoms with Crippen LogP contribution in [0.1, 0.15) is 39.2 Å². The Bertz CT molecular complexity index is 994. The van der Waals surface area contributed by atoms with Gasteiger partial charge in [-0.25, -0.2) is 4.79 Å². The number of fused-ring (bicyclic) bond motifs is 2. The third-order valence-electron chi connectivity index (χ3n) is 3.83. The molecule has 0 amide bonds. The van der Waals surface area contributed by atoms with E-state index in [1.807, 2.05) is 6.07 Å². The van der Waals surface area contributed by atoms with Crippen LogP contribution in [0.3, 0.4) is 0 Å². The Hall–Kier alpha value is -2.66. The molecule has 1 aromatic heterocycles. The number of para-hydroxylation sites is 1. The highest BCUT2D eigenvalue weighted by atomic mass is 17.2. The largest absolute Gasteiger partial charge is 0.456 e. The third-order valence-corrected chi connectivity index (χ3v) is 3.83. The van der Waals surface area contributed by atoms with Crippen LogP contribution in [0, 0.1) is 0 Å². The van der Waals surface area contributed by atoms with E-state index >= 15 is 0 Å². The van der Waals surface area contributed by atoms with Gasteiger partial charge in [0.15, 0.2) is 0 Å². The van der Waals surface area contributed by atoms with Crippen molar-refractivity contribution in [2.75, 3.05) is 0 Å². The fourth-order valence-corrected chi connectivity index (χ4v) is 2.46. The lowest BCUT2D eigenvalue weighted by Gasteiger charge is -2.18. The second kappa shape index (κ2) is 6.33. The SMILES string of the molecule is CC(C(=O)OOC(C)(C)C)c1ccc2oc3ccccc3c(=O)c2c1. The average molecular weight is 340 g/mol. The minimum Gasteiger partial charge on any atom is -0.456 e. The number of hydrogen-bond acceptors (Lipinski definition) is 5. The lowest BCUT2D eigenvalue weighted by Crippen LogP contribution is -2.24. The third kappa shape index (κ3) is 3.56. The summed E-state index contributed by atoms with van der Waals surface area (Å²) in [5.41, 5.74) is 0.985. The Morgan fingerprint density at radius 3 is 2.44 bits per heavy atom. The number of hydrogen-bond donors (Lipinski definition) is 0. The van der Waals surface area contributed by atoms with Gasteiger partial charge in [0.2, 0.25) is 5.43 Å². The average Bonchev–Trinajstić information content (AvgIpc) is 2.58. The molecule has 1 atom stereocenters. The molecule has 0 aliphatic carbocycles. The van der Waals surface area contributed by atoms with Crippen molar-refractivity contribution >= 4 is 27.9 Å². The minimum atomic E-state index is -0.585. The molecule has 5 nitrogen and oxygen atoms in total. The summed E-state index contributed by atoms with van der Waals surface area (Å²) in [5, 5.41) is 0.950. The summed E-state index contributed by atoms with van der Waals surface area (Å²) in [7, 11) is 0. The van der Waals surface area contributed by atoms with Crippen LogP contribution in [-0.2, 0) is 14.6 Å². The fourth-order valence-electron chi connectivity index (χ4n) is 2.46. The van der Waals surface area contributed by atoms with Crippen LogP contribution in [0.4, 0.5) is 0 Å². The lowest BCUT2D eigenvalue weighted by atomic mass is 9.99. The lowest BCUT2D eigenvalue weighted by molar-refractivity contribution is -0.321. The maximum absolute atomic E-state index is 12.7. The van der Waals surface area contributed by atoms with E-state index < -0.39 is 17.5 Å². The monoisotopic (exact) mass is 340 g/mol. The van der Waals surface area contributed by atoms with E-state index in [0.29, 0.717) is 27.5 Å². The Morgan fingerprint density at radius 1 is 1.04 bits per heavy atom. The molecule has 0 aliphatic rings. The molecule has 25 heavy (non-hydrogen) atoms. The zero-order chi connectivity index (χ0) is 18.2. The molecule has 0 bridgehead atoms. The van der Waals surface area contributed by atoms with Crippen LogP contribution >= 0.6 is 0 Å². The zero-order valence-corrected chi connectivity index (χ0v) is 14.7. The van der Waals surface area contributed by atoms with E-state index in [2.05, 4.69) is 0 Å². The number of carbonyl (C=O) groups is 1. The van der Waals surface area contributed by atoms with Crippen molar-refractivity contribution in [2.24, 2.45) is 0 Å². The molecule has 0 saturated heterocycles. The number of rotatable bonds is 3. The molecule has 5 heteroatoms. The molecule has 0 spiro atoms. The van der Waals surface area contributed by atoms with Gasteiger partial charge in [-0.2, -0.15) is 4.89 Å². The Balaban J connectivity index is 1.98. The topological polar surface area (TPSA) is 65.7 Å². The fraction of sp³-hybridized carbons (Fsp3) is 0.300. The van der Waals surface area contributed by atoms with Crippen molar-refractivity contribution in [3.63, 3.8) is 0 Å². The molecule has 0 radical (unpaired) electrons. The smallest absolute Gasteiger partial charge is 0.349 e. The highest BCUT2D eigenvalue weighted by molar-refractivity contribution is 5.90. The van der Waals surface area contributed by atoms with Crippen LogP contribution in [0.15, 0.2) is 51.7 Å². The van der Waals surface area contributed by atoms with Gasteiger partial charge >= 0.3 is 5.97 Å². The highest BCUT2D eigenvalue weighted by Crippen LogP contribution is 2.24. The summed E-state index contributed by atoms with van der Waals surface area (Å²) in [4.78, 5) is 34.8. The molecular weight excluding hydrogens is 320 g/mol. The van der Waals surface area contributed by atoms with Crippen LogP contribution in [0.2, 0.25) is 0 Å². The van der Waals surface area contributed by atoms with Crippen molar-refractivity contribution in [3.8, 4) is 0 Å². The van der Waals surface area contributed by atoms with E-state index in [0.717, 1.165) is 0 Å². The molecule has 0 aliphatic heterocycles. The number of benzene rings is 2. The summed E-state index contributed by atoms with van der Waals surface area (Å²) < 4.78 is 5.77. The molecule has 3 rings (SSSR count). The van der Waals surface area contributed by atoms with Crippen molar-refractivity contribution in [1.29, 1.82) is 0 Å². The van der Waals surface area contributed by atoms with Gasteiger partial charge in [-0.15, -0.1) is 0 Å². The normalized spacial score (nSPS) is 13.1. The first-order valence-corrected chi connectivity index (χ1v) is 8.11. The zero-order valence-electron chi connectivity index (χ0n) is 14.7. The van der Waals surface area contributed by atoms with Crippen molar-refractivity contribution in [2.45, 2.75) is 39.2 Å². The van der Waals surface area contributed by atoms with Gasteiger partial charge in [-0.1, -0.05) is 18.2 Å². The number of carbonyl (C=O) groups excluding carboxylic acids is 1. The van der Waals surface area contributed by atoms with E-state index in [1.165, 1.54) is 0 Å². The maximum Gasteiger partial charge on any atom is 0.349 e. The van der Waals surface area contributed by atoms with Gasteiger partial charge in [0.25, 0.3) is 0 Å². The van der Waals surface area contributed by atoms with Gasteiger partial charge in [0.05, 0.1) is 16.7 Å². The van der Waals surface area contributed by atoms with Gasteiger partial charge in [-0.3, -0.25) is 9.68 Å². The molecule has 2 aromatic carbocycles. The van der Waals surface area contributed by atoms with Gasteiger partial charge < -0.3 is 4.42 Å².